The molecule has 0 saturated carbocycles. The van der Waals surface area contributed by atoms with E-state index in [1.54, 1.807) is 4.90 Å². The molecule has 1 aliphatic carbocycles. The number of carbonyl (C=O) groups is 1. The molecular formula is C31H39NO2. The highest BCUT2D eigenvalue weighted by molar-refractivity contribution is 5.91. The van der Waals surface area contributed by atoms with Gasteiger partial charge in [-0.2, -0.15) is 0 Å². The normalized spacial score (nSPS) is 17.1. The third-order valence-corrected chi connectivity index (χ3v) is 7.90. The van der Waals surface area contributed by atoms with E-state index in [9.17, 15) is 4.79 Å². The first-order valence-corrected chi connectivity index (χ1v) is 12.5. The SMILES string of the molecule is Cc1cc2c(cc1Cc1ccc(C(=O)N(C)C(C)Cc3ccccc3)o1)C(C)(C)CCC2(C)C. The molecule has 1 aromatic heterocycles. The van der Waals surface area contributed by atoms with Crippen LogP contribution in [-0.2, 0) is 23.7 Å². The lowest BCUT2D eigenvalue weighted by molar-refractivity contribution is 0.0709. The van der Waals surface area contributed by atoms with Gasteiger partial charge in [0.1, 0.15) is 5.76 Å². The molecule has 0 spiro atoms. The lowest BCUT2D eigenvalue weighted by atomic mass is 9.62. The first-order valence-electron chi connectivity index (χ1n) is 12.5. The van der Waals surface area contributed by atoms with E-state index >= 15 is 0 Å². The minimum Gasteiger partial charge on any atom is -0.456 e. The van der Waals surface area contributed by atoms with Crippen molar-refractivity contribution in [2.45, 2.75) is 84.1 Å². The van der Waals surface area contributed by atoms with E-state index in [1.807, 2.05) is 37.4 Å². The molecule has 1 atom stereocenters. The van der Waals surface area contributed by atoms with E-state index in [0.717, 1.165) is 12.2 Å². The maximum atomic E-state index is 13.1. The maximum absolute atomic E-state index is 13.1. The van der Waals surface area contributed by atoms with Crippen molar-refractivity contribution in [3.8, 4) is 0 Å². The lowest BCUT2D eigenvalue weighted by Gasteiger charge is -2.42. The molecule has 2 aromatic carbocycles. The lowest BCUT2D eigenvalue weighted by Crippen LogP contribution is -2.36. The molecule has 0 N–H and O–H groups in total. The van der Waals surface area contributed by atoms with E-state index in [2.05, 4.69) is 65.8 Å². The van der Waals surface area contributed by atoms with Crippen molar-refractivity contribution in [1.29, 1.82) is 0 Å². The standard InChI is InChI=1S/C31H39NO2/c1-21-17-26-27(31(5,6)16-15-30(26,3)4)20-24(21)19-25-13-14-28(34-25)29(33)32(7)22(2)18-23-11-9-8-10-12-23/h8-14,17,20,22H,15-16,18-19H2,1-7H3. The Hall–Kier alpha value is -2.81. The van der Waals surface area contributed by atoms with E-state index in [0.29, 0.717) is 12.2 Å². The van der Waals surface area contributed by atoms with Crippen LogP contribution in [0.3, 0.4) is 0 Å². The fourth-order valence-electron chi connectivity index (χ4n) is 5.20. The summed E-state index contributed by atoms with van der Waals surface area (Å²) >= 11 is 0. The Balaban J connectivity index is 1.51. The number of aryl methyl sites for hydroxylation is 1. The number of nitrogens with zero attached hydrogens (tertiary/aromatic N) is 1. The Kier molecular flexibility index (Phi) is 6.50. The van der Waals surface area contributed by atoms with Gasteiger partial charge in [0, 0.05) is 19.5 Å². The number of hydrogen-bond donors (Lipinski definition) is 0. The third-order valence-electron chi connectivity index (χ3n) is 7.90. The van der Waals surface area contributed by atoms with Crippen molar-refractivity contribution >= 4 is 5.91 Å². The van der Waals surface area contributed by atoms with Crippen LogP contribution in [-0.4, -0.2) is 23.9 Å². The Morgan fingerprint density at radius 1 is 0.971 bits per heavy atom. The number of hydrogen-bond acceptors (Lipinski definition) is 2. The largest absolute Gasteiger partial charge is 0.456 e. The first kappa shape index (κ1) is 24.3. The van der Waals surface area contributed by atoms with Gasteiger partial charge in [-0.05, 0) is 83.9 Å². The second-order valence-electron chi connectivity index (χ2n) is 11.5. The summed E-state index contributed by atoms with van der Waals surface area (Å²) in [5, 5.41) is 0. The minimum absolute atomic E-state index is 0.0697. The summed E-state index contributed by atoms with van der Waals surface area (Å²) in [6.07, 6.45) is 3.93. The number of benzene rings is 2. The molecule has 0 saturated heterocycles. The Morgan fingerprint density at radius 2 is 1.59 bits per heavy atom. The molecule has 1 heterocycles. The second kappa shape index (κ2) is 9.09. The maximum Gasteiger partial charge on any atom is 0.289 e. The quantitative estimate of drug-likeness (QED) is 0.391. The molecule has 4 rings (SSSR count). The average Bonchev–Trinajstić information content (AvgIpc) is 3.26. The Morgan fingerprint density at radius 3 is 2.24 bits per heavy atom. The number of rotatable bonds is 6. The van der Waals surface area contributed by atoms with Crippen LogP contribution in [0, 0.1) is 6.92 Å². The van der Waals surface area contributed by atoms with Crippen molar-refractivity contribution in [3.05, 3.63) is 93.9 Å². The Labute approximate surface area is 205 Å². The zero-order valence-electron chi connectivity index (χ0n) is 21.9. The van der Waals surface area contributed by atoms with Crippen LogP contribution in [0.25, 0.3) is 0 Å². The van der Waals surface area contributed by atoms with Gasteiger partial charge in [0.05, 0.1) is 0 Å². The fraction of sp³-hybridized carbons (Fsp3) is 0.452. The van der Waals surface area contributed by atoms with Gasteiger partial charge in [-0.1, -0.05) is 70.2 Å². The predicted octanol–water partition coefficient (Wildman–Crippen LogP) is 7.23. The molecule has 0 bridgehead atoms. The van der Waals surface area contributed by atoms with Crippen LogP contribution >= 0.6 is 0 Å². The third kappa shape index (κ3) is 4.85. The van der Waals surface area contributed by atoms with E-state index in [4.69, 9.17) is 4.42 Å². The van der Waals surface area contributed by atoms with Gasteiger partial charge in [-0.25, -0.2) is 0 Å². The molecule has 0 radical (unpaired) electrons. The van der Waals surface area contributed by atoms with Gasteiger partial charge in [0.25, 0.3) is 5.91 Å². The summed E-state index contributed by atoms with van der Waals surface area (Å²) in [5.74, 6) is 1.18. The molecule has 3 nitrogen and oxygen atoms in total. The smallest absolute Gasteiger partial charge is 0.289 e. The molecule has 34 heavy (non-hydrogen) atoms. The summed E-state index contributed by atoms with van der Waals surface area (Å²) in [6.45, 7) is 13.7. The first-order chi connectivity index (χ1) is 16.0. The fourth-order valence-corrected chi connectivity index (χ4v) is 5.20. The monoisotopic (exact) mass is 457 g/mol. The number of amides is 1. The molecule has 0 aliphatic heterocycles. The summed E-state index contributed by atoms with van der Waals surface area (Å²) < 4.78 is 6.07. The molecular weight excluding hydrogens is 418 g/mol. The van der Waals surface area contributed by atoms with Crippen LogP contribution in [0.1, 0.15) is 91.6 Å². The van der Waals surface area contributed by atoms with Gasteiger partial charge in [0.15, 0.2) is 5.76 Å². The molecule has 1 unspecified atom stereocenters. The molecule has 0 fully saturated rings. The summed E-state index contributed by atoms with van der Waals surface area (Å²) in [4.78, 5) is 14.9. The van der Waals surface area contributed by atoms with Crippen molar-refractivity contribution in [2.24, 2.45) is 0 Å². The van der Waals surface area contributed by atoms with Crippen LogP contribution in [0.4, 0.5) is 0 Å². The highest BCUT2D eigenvalue weighted by atomic mass is 16.4. The number of fused-ring (bicyclic) bond motifs is 1. The van der Waals surface area contributed by atoms with Crippen molar-refractivity contribution < 1.29 is 9.21 Å². The number of furan rings is 1. The van der Waals surface area contributed by atoms with Gasteiger partial charge in [-0.15, -0.1) is 0 Å². The number of likely N-dealkylation sites (N-methyl/N-ethyl adjacent to an activating group) is 1. The van der Waals surface area contributed by atoms with Crippen LogP contribution in [0.2, 0.25) is 0 Å². The van der Waals surface area contributed by atoms with Crippen molar-refractivity contribution in [1.82, 2.24) is 4.90 Å². The van der Waals surface area contributed by atoms with Crippen LogP contribution in [0.15, 0.2) is 59.0 Å². The average molecular weight is 458 g/mol. The highest BCUT2D eigenvalue weighted by Gasteiger charge is 2.37. The van der Waals surface area contributed by atoms with E-state index in [1.165, 1.54) is 40.7 Å². The van der Waals surface area contributed by atoms with E-state index < -0.39 is 0 Å². The van der Waals surface area contributed by atoms with Crippen molar-refractivity contribution in [2.75, 3.05) is 7.05 Å². The Bertz CT molecular complexity index is 1170. The molecule has 1 amide bonds. The molecule has 1 aliphatic rings. The molecule has 3 heteroatoms. The van der Waals surface area contributed by atoms with Gasteiger partial charge in [0.2, 0.25) is 0 Å². The molecule has 3 aromatic rings. The summed E-state index contributed by atoms with van der Waals surface area (Å²) in [6, 6.07) is 18.9. The zero-order chi connectivity index (χ0) is 24.7. The summed E-state index contributed by atoms with van der Waals surface area (Å²) in [7, 11) is 1.86. The van der Waals surface area contributed by atoms with Gasteiger partial charge < -0.3 is 9.32 Å². The zero-order valence-corrected chi connectivity index (χ0v) is 21.9. The van der Waals surface area contributed by atoms with Gasteiger partial charge in [-0.3, -0.25) is 4.79 Å². The van der Waals surface area contributed by atoms with Gasteiger partial charge >= 0.3 is 0 Å². The van der Waals surface area contributed by atoms with Crippen LogP contribution < -0.4 is 0 Å². The second-order valence-corrected chi connectivity index (χ2v) is 11.5. The van der Waals surface area contributed by atoms with Crippen LogP contribution in [0.5, 0.6) is 0 Å². The summed E-state index contributed by atoms with van der Waals surface area (Å²) in [5.41, 5.74) is 7.13. The molecule has 180 valence electrons. The topological polar surface area (TPSA) is 33.5 Å². The number of carbonyl (C=O) groups excluding carboxylic acids is 1. The predicted molar refractivity (Wildman–Crippen MR) is 140 cm³/mol. The minimum atomic E-state index is -0.0697. The van der Waals surface area contributed by atoms with Crippen molar-refractivity contribution in [3.63, 3.8) is 0 Å². The highest BCUT2D eigenvalue weighted by Crippen LogP contribution is 2.46. The van der Waals surface area contributed by atoms with E-state index in [-0.39, 0.29) is 22.8 Å².